The summed E-state index contributed by atoms with van der Waals surface area (Å²) < 4.78 is 40.4. The topological polar surface area (TPSA) is 83.5 Å². The van der Waals surface area contributed by atoms with E-state index >= 15 is 0 Å². The molecule has 0 saturated carbocycles. The van der Waals surface area contributed by atoms with Crippen LogP contribution in [0.4, 0.5) is 10.1 Å². The number of aromatic carboxylic acids is 1. The molecule has 0 aromatic heterocycles. The van der Waals surface area contributed by atoms with Crippen LogP contribution < -0.4 is 4.72 Å². The first kappa shape index (κ1) is 17.2. The van der Waals surface area contributed by atoms with Gasteiger partial charge in [-0.05, 0) is 55.3 Å². The number of carboxylic acid groups (broad SMARTS) is 1. The van der Waals surface area contributed by atoms with Crippen molar-refractivity contribution < 1.29 is 22.7 Å². The van der Waals surface area contributed by atoms with E-state index in [1.165, 1.54) is 12.1 Å². The van der Waals surface area contributed by atoms with Crippen LogP contribution in [0.3, 0.4) is 0 Å². The fourth-order valence-corrected chi connectivity index (χ4v) is 3.57. The maximum absolute atomic E-state index is 13.1. The maximum atomic E-state index is 13.1. The van der Waals surface area contributed by atoms with Gasteiger partial charge in [0, 0.05) is 0 Å². The monoisotopic (exact) mass is 357 g/mol. The molecule has 0 bridgehead atoms. The predicted octanol–water partition coefficient (Wildman–Crippen LogP) is 3.59. The molecule has 2 rings (SSSR count). The molecule has 2 aromatic rings. The van der Waals surface area contributed by atoms with E-state index in [0.29, 0.717) is 11.1 Å². The molecule has 0 heterocycles. The molecule has 0 aliphatic heterocycles. The highest BCUT2D eigenvalue weighted by Gasteiger charge is 2.21. The van der Waals surface area contributed by atoms with E-state index in [9.17, 15) is 17.6 Å². The van der Waals surface area contributed by atoms with Crippen molar-refractivity contribution in [3.63, 3.8) is 0 Å². The van der Waals surface area contributed by atoms with Crippen LogP contribution in [0.15, 0.2) is 35.2 Å². The Hall–Kier alpha value is -2.12. The Morgan fingerprint density at radius 3 is 2.43 bits per heavy atom. The molecule has 23 heavy (non-hydrogen) atoms. The Kier molecular flexibility index (Phi) is 4.63. The molecular formula is C15H13ClFNO4S. The van der Waals surface area contributed by atoms with Crippen molar-refractivity contribution >= 4 is 33.3 Å². The molecule has 0 atom stereocenters. The number of rotatable bonds is 4. The van der Waals surface area contributed by atoms with E-state index in [2.05, 4.69) is 4.72 Å². The number of anilines is 1. The lowest BCUT2D eigenvalue weighted by Crippen LogP contribution is -2.16. The second-order valence-corrected chi connectivity index (χ2v) is 7.01. The van der Waals surface area contributed by atoms with Gasteiger partial charge in [-0.2, -0.15) is 0 Å². The molecule has 0 aliphatic carbocycles. The van der Waals surface area contributed by atoms with Gasteiger partial charge in [0.1, 0.15) is 5.82 Å². The van der Waals surface area contributed by atoms with Crippen LogP contribution in [-0.4, -0.2) is 19.5 Å². The molecule has 0 spiro atoms. The number of nitrogens with one attached hydrogen (secondary N) is 1. The predicted molar refractivity (Wildman–Crippen MR) is 85.1 cm³/mol. The molecule has 0 amide bonds. The molecular weight excluding hydrogens is 345 g/mol. The number of hydrogen-bond acceptors (Lipinski definition) is 3. The lowest BCUT2D eigenvalue weighted by molar-refractivity contribution is 0.0696. The third-order valence-electron chi connectivity index (χ3n) is 3.33. The Labute approximate surface area is 137 Å². The van der Waals surface area contributed by atoms with Gasteiger partial charge in [0.05, 0.1) is 21.2 Å². The van der Waals surface area contributed by atoms with Crippen molar-refractivity contribution in [3.8, 4) is 0 Å². The standard InChI is InChI=1S/C15H13ClFNO4S/c1-8-5-10(15(19)20)6-14(9(8)2)23(21,22)18-11-3-4-13(17)12(16)7-11/h3-7,18H,1-2H3,(H,19,20). The summed E-state index contributed by atoms with van der Waals surface area (Å²) in [5.41, 5.74) is 0.901. The second-order valence-electron chi connectivity index (χ2n) is 4.96. The molecule has 2 N–H and O–H groups in total. The quantitative estimate of drug-likeness (QED) is 0.875. The van der Waals surface area contributed by atoms with Crippen LogP contribution in [0.5, 0.6) is 0 Å². The van der Waals surface area contributed by atoms with Gasteiger partial charge in [-0.3, -0.25) is 4.72 Å². The average Bonchev–Trinajstić information content (AvgIpc) is 2.45. The number of aryl methyl sites for hydroxylation is 1. The van der Waals surface area contributed by atoms with Gasteiger partial charge in [0.15, 0.2) is 0 Å². The second kappa shape index (κ2) is 6.17. The van der Waals surface area contributed by atoms with Gasteiger partial charge < -0.3 is 5.11 Å². The Morgan fingerprint density at radius 1 is 1.22 bits per heavy atom. The maximum Gasteiger partial charge on any atom is 0.335 e. The lowest BCUT2D eigenvalue weighted by atomic mass is 10.1. The van der Waals surface area contributed by atoms with Gasteiger partial charge in [0.25, 0.3) is 10.0 Å². The van der Waals surface area contributed by atoms with Gasteiger partial charge in [-0.15, -0.1) is 0 Å². The molecule has 8 heteroatoms. The van der Waals surface area contributed by atoms with E-state index in [1.54, 1.807) is 13.8 Å². The zero-order chi connectivity index (χ0) is 17.4. The van der Waals surface area contributed by atoms with E-state index in [4.69, 9.17) is 16.7 Å². The lowest BCUT2D eigenvalue weighted by Gasteiger charge is -2.13. The summed E-state index contributed by atoms with van der Waals surface area (Å²) in [5.74, 6) is -1.90. The Bertz CT molecular complexity index is 897. The minimum atomic E-state index is -4.05. The smallest absolute Gasteiger partial charge is 0.335 e. The summed E-state index contributed by atoms with van der Waals surface area (Å²) in [6.45, 7) is 3.20. The summed E-state index contributed by atoms with van der Waals surface area (Å²) >= 11 is 5.62. The summed E-state index contributed by atoms with van der Waals surface area (Å²) in [7, 11) is -4.05. The van der Waals surface area contributed by atoms with E-state index in [0.717, 1.165) is 18.2 Å². The SMILES string of the molecule is Cc1cc(C(=O)O)cc(S(=O)(=O)Nc2ccc(F)c(Cl)c2)c1C. The zero-order valence-electron chi connectivity index (χ0n) is 12.2. The van der Waals surface area contributed by atoms with Crippen LogP contribution in [0.1, 0.15) is 21.5 Å². The molecule has 5 nitrogen and oxygen atoms in total. The molecule has 122 valence electrons. The highest BCUT2D eigenvalue weighted by Crippen LogP contribution is 2.25. The summed E-state index contributed by atoms with van der Waals surface area (Å²) in [6, 6.07) is 5.87. The summed E-state index contributed by atoms with van der Waals surface area (Å²) in [6.07, 6.45) is 0. The number of carboxylic acids is 1. The van der Waals surface area contributed by atoms with Gasteiger partial charge >= 0.3 is 5.97 Å². The first-order valence-corrected chi connectivity index (χ1v) is 8.30. The minimum absolute atomic E-state index is 0.0779. The molecule has 0 aliphatic rings. The average molecular weight is 358 g/mol. The van der Waals surface area contributed by atoms with Crippen molar-refractivity contribution in [1.29, 1.82) is 0 Å². The highest BCUT2D eigenvalue weighted by atomic mass is 35.5. The minimum Gasteiger partial charge on any atom is -0.478 e. The van der Waals surface area contributed by atoms with Crippen molar-refractivity contribution in [2.45, 2.75) is 18.7 Å². The van der Waals surface area contributed by atoms with E-state index in [-0.39, 0.29) is 21.2 Å². The largest absolute Gasteiger partial charge is 0.478 e. The fourth-order valence-electron chi connectivity index (χ4n) is 2.00. The van der Waals surface area contributed by atoms with Crippen molar-refractivity contribution in [2.24, 2.45) is 0 Å². The number of sulfonamides is 1. The zero-order valence-corrected chi connectivity index (χ0v) is 13.8. The Balaban J connectivity index is 2.51. The Morgan fingerprint density at radius 2 is 1.87 bits per heavy atom. The van der Waals surface area contributed by atoms with Crippen LogP contribution in [0, 0.1) is 19.7 Å². The third kappa shape index (κ3) is 3.62. The summed E-state index contributed by atoms with van der Waals surface area (Å²) in [5, 5.41) is 8.85. The molecule has 0 fully saturated rings. The molecule has 0 radical (unpaired) electrons. The van der Waals surface area contributed by atoms with Crippen molar-refractivity contribution in [2.75, 3.05) is 4.72 Å². The molecule has 0 unspecified atom stereocenters. The first-order valence-electron chi connectivity index (χ1n) is 6.44. The highest BCUT2D eigenvalue weighted by molar-refractivity contribution is 7.92. The number of benzene rings is 2. The normalized spacial score (nSPS) is 11.3. The van der Waals surface area contributed by atoms with Crippen LogP contribution in [-0.2, 0) is 10.0 Å². The van der Waals surface area contributed by atoms with Crippen LogP contribution >= 0.6 is 11.6 Å². The number of carbonyl (C=O) groups is 1. The molecule has 2 aromatic carbocycles. The first-order chi connectivity index (χ1) is 10.6. The number of halogens is 2. The van der Waals surface area contributed by atoms with Crippen molar-refractivity contribution in [3.05, 3.63) is 57.9 Å². The third-order valence-corrected chi connectivity index (χ3v) is 5.13. The van der Waals surface area contributed by atoms with Crippen LogP contribution in [0.25, 0.3) is 0 Å². The van der Waals surface area contributed by atoms with Gasteiger partial charge in [-0.25, -0.2) is 17.6 Å². The van der Waals surface area contributed by atoms with Crippen LogP contribution in [0.2, 0.25) is 5.02 Å². The van der Waals surface area contributed by atoms with E-state index in [1.807, 2.05) is 0 Å². The van der Waals surface area contributed by atoms with Crippen molar-refractivity contribution in [1.82, 2.24) is 0 Å². The van der Waals surface area contributed by atoms with Gasteiger partial charge in [-0.1, -0.05) is 11.6 Å². The fraction of sp³-hybridized carbons (Fsp3) is 0.133. The molecule has 0 saturated heterocycles. The van der Waals surface area contributed by atoms with E-state index < -0.39 is 21.8 Å². The van der Waals surface area contributed by atoms with Gasteiger partial charge in [0.2, 0.25) is 0 Å². The number of hydrogen-bond donors (Lipinski definition) is 2. The summed E-state index contributed by atoms with van der Waals surface area (Å²) in [4.78, 5) is 11.0.